The van der Waals surface area contributed by atoms with Crippen molar-refractivity contribution in [2.75, 3.05) is 88.2 Å². The van der Waals surface area contributed by atoms with Gasteiger partial charge in [-0.3, -0.25) is 14.5 Å². The molecule has 0 bridgehead atoms. The predicted molar refractivity (Wildman–Crippen MR) is 414 cm³/mol. The van der Waals surface area contributed by atoms with Crippen molar-refractivity contribution < 1.29 is 14.3 Å². The van der Waals surface area contributed by atoms with Crippen LogP contribution in [0.5, 0.6) is 0 Å². The molecule has 2 aliphatic heterocycles. The number of hydrogen-bond donors (Lipinski definition) is 6. The van der Waals surface area contributed by atoms with E-state index in [9.17, 15) is 9.59 Å². The summed E-state index contributed by atoms with van der Waals surface area (Å²) in [6, 6.07) is 45.2. The second-order valence-electron chi connectivity index (χ2n) is 25.2. The molecular formula is C81H100N18O3. The van der Waals surface area contributed by atoms with Crippen molar-refractivity contribution in [3.8, 4) is 56.3 Å². The number of aryl methyl sites for hydroxylation is 7. The number of piperidine rings is 1. The van der Waals surface area contributed by atoms with Gasteiger partial charge in [-0.05, 0) is 189 Å². The summed E-state index contributed by atoms with van der Waals surface area (Å²) in [5, 5.41) is 2.58. The van der Waals surface area contributed by atoms with Gasteiger partial charge in [-0.2, -0.15) is 0 Å². The van der Waals surface area contributed by atoms with Crippen LogP contribution < -0.4 is 34.0 Å². The minimum atomic E-state index is -0.108. The van der Waals surface area contributed by atoms with Gasteiger partial charge in [0.15, 0.2) is 5.78 Å². The van der Waals surface area contributed by atoms with Gasteiger partial charge in [-0.1, -0.05) is 137 Å². The second kappa shape index (κ2) is 38.7. The first-order valence-corrected chi connectivity index (χ1v) is 35.2. The van der Waals surface area contributed by atoms with Gasteiger partial charge in [-0.25, -0.2) is 49.8 Å². The van der Waals surface area contributed by atoms with E-state index in [1.54, 1.807) is 38.2 Å². The fourth-order valence-corrected chi connectivity index (χ4v) is 11.7. The van der Waals surface area contributed by atoms with Crippen LogP contribution >= 0.6 is 0 Å². The highest BCUT2D eigenvalue weighted by Gasteiger charge is 2.16. The molecule has 7 heterocycles. The number of morpholine rings is 1. The molecule has 0 aliphatic carbocycles. The zero-order valence-electron chi connectivity index (χ0n) is 60.8. The third-order valence-corrected chi connectivity index (χ3v) is 17.9. The Balaban J connectivity index is 0.000000163. The first-order valence-electron chi connectivity index (χ1n) is 35.2. The lowest BCUT2D eigenvalue weighted by atomic mass is 10.00. The number of nitrogens with one attached hydrogen (secondary N) is 1. The van der Waals surface area contributed by atoms with Crippen molar-refractivity contribution in [3.63, 3.8) is 0 Å². The number of carbonyl (C=O) groups is 2. The summed E-state index contributed by atoms with van der Waals surface area (Å²) >= 11 is 0. The van der Waals surface area contributed by atoms with Gasteiger partial charge in [0.05, 0.1) is 41.7 Å². The van der Waals surface area contributed by atoms with Gasteiger partial charge in [0.25, 0.3) is 5.91 Å². The van der Waals surface area contributed by atoms with Gasteiger partial charge < -0.3 is 43.6 Å². The number of carbonyl (C=O) groups excluding carboxylic acids is 2. The number of likely N-dealkylation sites (tertiary alicyclic amines) is 1. The second-order valence-corrected chi connectivity index (χ2v) is 25.2. The van der Waals surface area contributed by atoms with Crippen molar-refractivity contribution in [2.45, 2.75) is 120 Å². The molecule has 0 radical (unpaired) electrons. The lowest BCUT2D eigenvalue weighted by Crippen LogP contribution is -2.36. The average Bonchev–Trinajstić information content (AvgIpc) is 0.837. The summed E-state index contributed by atoms with van der Waals surface area (Å²) < 4.78 is 5.39. The number of ether oxygens (including phenoxy) is 1. The van der Waals surface area contributed by atoms with Gasteiger partial charge in [-0.15, -0.1) is 0 Å². The minimum absolute atomic E-state index is 0.0537. The summed E-state index contributed by atoms with van der Waals surface area (Å²) in [4.78, 5) is 70.5. The Hall–Kier alpha value is -10.7. The Morgan fingerprint density at radius 2 is 0.814 bits per heavy atom. The van der Waals surface area contributed by atoms with Gasteiger partial charge in [0.1, 0.15) is 0 Å². The van der Waals surface area contributed by atoms with E-state index in [1.165, 1.54) is 54.6 Å². The number of nitrogens with zero attached hydrogens (tertiary/aromatic N) is 12. The Morgan fingerprint density at radius 1 is 0.461 bits per heavy atom. The molecule has 21 nitrogen and oxygen atoms in total. The SMILES string of the molecule is C=Cc1ccc(-c2cc(CC)nc(N)n2)cc1.CCc1cc(-c2ccc(C(=O)NC)cc2)nc(N)n1.CCc1cc(-c2ccc(C(C)=O)cc2)nc(N)n1.Cc1cccc(-c2cc(CCCN3CCCCC3)nc(N)n2)c1C.Cc1cccc(-c2cc(CCCN3CCOCC3)nc(N)n2)c1C. The molecule has 102 heavy (non-hydrogen) atoms. The highest BCUT2D eigenvalue weighted by Crippen LogP contribution is 2.29. The molecular weight excluding hydrogens is 1270 g/mol. The molecule has 0 spiro atoms. The topological polar surface area (TPSA) is 321 Å². The zero-order valence-corrected chi connectivity index (χ0v) is 60.8. The van der Waals surface area contributed by atoms with E-state index in [2.05, 4.69) is 148 Å². The van der Waals surface area contributed by atoms with Crippen LogP contribution in [-0.2, 0) is 36.8 Å². The van der Waals surface area contributed by atoms with E-state index in [-0.39, 0.29) is 23.6 Å². The summed E-state index contributed by atoms with van der Waals surface area (Å²) in [7, 11) is 1.61. The molecule has 5 aromatic heterocycles. The largest absolute Gasteiger partial charge is 0.379 e. The maximum absolute atomic E-state index is 11.5. The lowest BCUT2D eigenvalue weighted by Gasteiger charge is -2.26. The molecule has 1 amide bonds. The summed E-state index contributed by atoms with van der Waals surface area (Å²) in [5.74, 6) is 1.55. The molecule has 5 aromatic carbocycles. The maximum atomic E-state index is 11.5. The fraction of sp³-hybridized carbons (Fsp3) is 0.333. The van der Waals surface area contributed by atoms with Crippen molar-refractivity contribution in [2.24, 2.45) is 0 Å². The summed E-state index contributed by atoms with van der Waals surface area (Å²) in [5.41, 5.74) is 50.7. The van der Waals surface area contributed by atoms with E-state index in [0.717, 1.165) is 175 Å². The fourth-order valence-electron chi connectivity index (χ4n) is 11.7. The third kappa shape index (κ3) is 23.2. The molecule has 2 fully saturated rings. The molecule has 2 aliphatic rings. The number of nitrogen functional groups attached to an aromatic ring is 5. The van der Waals surface area contributed by atoms with Crippen LogP contribution in [0, 0.1) is 27.7 Å². The molecule has 532 valence electrons. The number of benzene rings is 5. The third-order valence-electron chi connectivity index (χ3n) is 17.9. The van der Waals surface area contributed by atoms with E-state index >= 15 is 0 Å². The van der Waals surface area contributed by atoms with Gasteiger partial charge in [0, 0.05) is 87.6 Å². The summed E-state index contributed by atoms with van der Waals surface area (Å²) in [6.45, 7) is 28.3. The van der Waals surface area contributed by atoms with Crippen LogP contribution in [0.15, 0.2) is 146 Å². The number of hydrogen-bond acceptors (Lipinski definition) is 20. The molecule has 2 saturated heterocycles. The van der Waals surface area contributed by atoms with E-state index in [0.29, 0.717) is 29.0 Å². The highest BCUT2D eigenvalue weighted by molar-refractivity contribution is 5.95. The van der Waals surface area contributed by atoms with Crippen molar-refractivity contribution in [1.82, 2.24) is 65.0 Å². The van der Waals surface area contributed by atoms with Crippen molar-refractivity contribution >= 4 is 47.5 Å². The van der Waals surface area contributed by atoms with Crippen molar-refractivity contribution in [3.05, 3.63) is 214 Å². The monoisotopic (exact) mass is 1370 g/mol. The molecule has 10 aromatic rings. The number of anilines is 5. The molecule has 11 N–H and O–H groups in total. The molecule has 0 saturated carbocycles. The van der Waals surface area contributed by atoms with Crippen LogP contribution in [0.4, 0.5) is 29.7 Å². The first kappa shape index (κ1) is 77.0. The van der Waals surface area contributed by atoms with E-state index in [4.69, 9.17) is 33.4 Å². The number of nitrogens with two attached hydrogens (primary N) is 5. The first-order chi connectivity index (χ1) is 49.2. The Labute approximate surface area is 601 Å². The number of rotatable bonds is 19. The Bertz CT molecular complexity index is 4260. The highest BCUT2D eigenvalue weighted by atomic mass is 16.5. The summed E-state index contributed by atoms with van der Waals surface area (Å²) in [6.07, 6.45) is 12.4. The zero-order chi connectivity index (χ0) is 73.1. The van der Waals surface area contributed by atoms with Crippen LogP contribution in [0.3, 0.4) is 0 Å². The molecule has 0 unspecified atom stereocenters. The van der Waals surface area contributed by atoms with Crippen LogP contribution in [0.2, 0.25) is 0 Å². The molecule has 12 rings (SSSR count). The van der Waals surface area contributed by atoms with Crippen LogP contribution in [-0.4, -0.2) is 131 Å². The van der Waals surface area contributed by atoms with Crippen LogP contribution in [0.25, 0.3) is 62.4 Å². The molecule has 21 heteroatoms. The quantitative estimate of drug-likeness (QED) is 0.0410. The predicted octanol–water partition coefficient (Wildman–Crippen LogP) is 13.4. The number of ketones is 1. The number of Topliss-reactive ketones (excluding diaryl/α,β-unsaturated/α-hetero) is 1. The van der Waals surface area contributed by atoms with Crippen LogP contribution in [0.1, 0.15) is 137 Å². The molecule has 0 atom stereocenters. The number of aromatic nitrogens is 10. The van der Waals surface area contributed by atoms with E-state index in [1.807, 2.05) is 93.6 Å². The number of amides is 1. The van der Waals surface area contributed by atoms with Gasteiger partial charge >= 0.3 is 0 Å². The maximum Gasteiger partial charge on any atom is 0.251 e. The normalized spacial score (nSPS) is 12.8. The Morgan fingerprint density at radius 3 is 1.19 bits per heavy atom. The minimum Gasteiger partial charge on any atom is -0.379 e. The average molecular weight is 1370 g/mol. The van der Waals surface area contributed by atoms with Crippen molar-refractivity contribution in [1.29, 1.82) is 0 Å². The standard InChI is InChI=1S/C20H28N4.C19H26N4O.C14H16N4O.C14H15N3O.C14H15N3/c1-15-8-6-10-18(16(15)2)19-14-17(22-20(21)23-19)9-7-13-24-11-4-3-5-12-24;1-14-5-3-7-17(15(14)2)18-13-16(21-19(20)22-18)6-4-8-23-9-11-24-12-10-23;1-3-11-8-12(18-14(15)17-11)9-4-6-10(7-5-9)13(19)16-2;1-3-12-8-13(17-14(15)16-12)11-6-4-10(5-7-11)9(2)18;1-3-10-5-7-11(8-6-10)13-9-12(4-2)16-14(15)17-13/h6,8,10,14H,3-5,7,9,11-13H2,1-2H3,(H2,21,22,23);3,5,7,13H,4,6,8-12H2,1-2H3,(H2,20,21,22);4-8H,3H2,1-2H3,(H,16,19)(H2,15,17,18);4-8H,3H2,1-2H3,(H2,15,16,17);3,5-9H,1,4H2,2H3,(H2,15,16,17). The smallest absolute Gasteiger partial charge is 0.251 e. The Kier molecular flexibility index (Phi) is 29.2. The van der Waals surface area contributed by atoms with E-state index < -0.39 is 0 Å². The van der Waals surface area contributed by atoms with Gasteiger partial charge in [0.2, 0.25) is 29.7 Å². The lowest BCUT2D eigenvalue weighted by molar-refractivity contribution is 0.0374.